The Morgan fingerprint density at radius 3 is 2.79 bits per heavy atom. The van der Waals surface area contributed by atoms with Crippen LogP contribution in [0.15, 0.2) is 30.3 Å². The molecule has 0 fully saturated rings. The van der Waals surface area contributed by atoms with Crippen LogP contribution in [0.3, 0.4) is 0 Å². The van der Waals surface area contributed by atoms with E-state index in [-0.39, 0.29) is 11.7 Å². The largest absolute Gasteiger partial charge is 0.494 e. The summed E-state index contributed by atoms with van der Waals surface area (Å²) in [5.41, 5.74) is 0.890. The summed E-state index contributed by atoms with van der Waals surface area (Å²) in [6.45, 7) is 5.94. The van der Waals surface area contributed by atoms with Gasteiger partial charge >= 0.3 is 5.97 Å². The number of rotatable bonds is 5. The molecule has 0 aromatic heterocycles. The minimum atomic E-state index is -0.520. The summed E-state index contributed by atoms with van der Waals surface area (Å²) in [5, 5.41) is 9.12. The van der Waals surface area contributed by atoms with Crippen molar-refractivity contribution in [3.8, 4) is 11.8 Å². The van der Waals surface area contributed by atoms with Crippen molar-refractivity contribution in [3.05, 3.63) is 35.9 Å². The quantitative estimate of drug-likeness (QED) is 0.463. The number of esters is 1. The Labute approximate surface area is 113 Å². The van der Waals surface area contributed by atoms with E-state index in [2.05, 4.69) is 0 Å². The molecule has 0 radical (unpaired) electrons. The summed E-state index contributed by atoms with van der Waals surface area (Å²) in [5.74, 6) is 0.145. The molecule has 0 aliphatic rings. The smallest absolute Gasteiger partial charge is 0.332 e. The number of benzene rings is 1. The monoisotopic (exact) mass is 259 g/mol. The van der Waals surface area contributed by atoms with Crippen molar-refractivity contribution < 1.29 is 14.3 Å². The Hall–Kier alpha value is -2.28. The topological polar surface area (TPSA) is 59.3 Å². The Kier molecular flexibility index (Phi) is 5.62. The maximum Gasteiger partial charge on any atom is 0.332 e. The molecule has 0 amide bonds. The van der Waals surface area contributed by atoms with Gasteiger partial charge in [0.2, 0.25) is 0 Å². The van der Waals surface area contributed by atoms with Gasteiger partial charge in [-0.15, -0.1) is 0 Å². The number of hydrogen-bond acceptors (Lipinski definition) is 4. The van der Waals surface area contributed by atoms with Crippen LogP contribution >= 0.6 is 0 Å². The summed E-state index contributed by atoms with van der Waals surface area (Å²) in [6.07, 6.45) is 0.990. The summed E-state index contributed by atoms with van der Waals surface area (Å²) in [4.78, 5) is 11.5. The number of nitriles is 1. The third-order valence-corrected chi connectivity index (χ3v) is 2.19. The normalized spacial score (nSPS) is 11.0. The van der Waals surface area contributed by atoms with Crippen molar-refractivity contribution in [3.63, 3.8) is 0 Å². The molecule has 19 heavy (non-hydrogen) atoms. The highest BCUT2D eigenvalue weighted by molar-refractivity contribution is 5.95. The van der Waals surface area contributed by atoms with Crippen molar-refractivity contribution >= 4 is 11.5 Å². The zero-order valence-corrected chi connectivity index (χ0v) is 11.3. The van der Waals surface area contributed by atoms with Crippen LogP contribution in [0.4, 0.5) is 0 Å². The van der Waals surface area contributed by atoms with Crippen LogP contribution in [0.5, 0.6) is 5.75 Å². The van der Waals surface area contributed by atoms with Crippen LogP contribution in [-0.4, -0.2) is 18.7 Å². The predicted molar refractivity (Wildman–Crippen MR) is 72.4 cm³/mol. The fourth-order valence-electron chi connectivity index (χ4n) is 1.48. The number of carbonyl (C=O) groups excluding carboxylic acids is 1. The van der Waals surface area contributed by atoms with Gasteiger partial charge in [-0.25, -0.2) is 4.79 Å². The van der Waals surface area contributed by atoms with Gasteiger partial charge in [-0.05, 0) is 38.5 Å². The maximum absolute atomic E-state index is 11.5. The lowest BCUT2D eigenvalue weighted by atomic mass is 10.1. The van der Waals surface area contributed by atoms with Gasteiger partial charge in [0, 0.05) is 6.08 Å². The fourth-order valence-corrected chi connectivity index (χ4v) is 1.48. The number of ether oxygens (including phenoxy) is 2. The first-order valence-electron chi connectivity index (χ1n) is 6.12. The van der Waals surface area contributed by atoms with Gasteiger partial charge in [0.05, 0.1) is 18.3 Å². The van der Waals surface area contributed by atoms with E-state index in [0.29, 0.717) is 17.9 Å². The molecule has 1 rings (SSSR count). The molecule has 0 N–H and O–H groups in total. The van der Waals surface area contributed by atoms with Crippen molar-refractivity contribution in [2.24, 2.45) is 0 Å². The molecule has 4 nitrogen and oxygen atoms in total. The maximum atomic E-state index is 11.5. The third kappa shape index (κ3) is 4.84. The van der Waals surface area contributed by atoms with E-state index in [1.807, 2.05) is 13.0 Å². The molecular weight excluding hydrogens is 242 g/mol. The van der Waals surface area contributed by atoms with Gasteiger partial charge in [0.1, 0.15) is 11.8 Å². The zero-order chi connectivity index (χ0) is 14.3. The second-order valence-corrected chi connectivity index (χ2v) is 4.12. The summed E-state index contributed by atoms with van der Waals surface area (Å²) in [6, 6.07) is 9.05. The van der Waals surface area contributed by atoms with Crippen molar-refractivity contribution in [1.82, 2.24) is 0 Å². The van der Waals surface area contributed by atoms with Crippen LogP contribution in [0.25, 0.3) is 5.57 Å². The first kappa shape index (κ1) is 14.8. The molecule has 0 saturated carbocycles. The average Bonchev–Trinajstić information content (AvgIpc) is 2.36. The molecule has 4 heteroatoms. The minimum Gasteiger partial charge on any atom is -0.494 e. The van der Waals surface area contributed by atoms with Crippen molar-refractivity contribution in [2.45, 2.75) is 26.9 Å². The highest BCUT2D eigenvalue weighted by atomic mass is 16.5. The summed E-state index contributed by atoms with van der Waals surface area (Å²) in [7, 11) is 0. The molecule has 0 saturated heterocycles. The Morgan fingerprint density at radius 2 is 2.21 bits per heavy atom. The molecule has 0 atom stereocenters. The lowest BCUT2D eigenvalue weighted by Gasteiger charge is -2.07. The number of hydrogen-bond donors (Lipinski definition) is 0. The lowest BCUT2D eigenvalue weighted by molar-refractivity contribution is -0.141. The van der Waals surface area contributed by atoms with Crippen LogP contribution < -0.4 is 4.74 Å². The van der Waals surface area contributed by atoms with E-state index in [0.717, 1.165) is 0 Å². The van der Waals surface area contributed by atoms with Crippen LogP contribution in [-0.2, 0) is 9.53 Å². The van der Waals surface area contributed by atoms with Gasteiger partial charge in [0.25, 0.3) is 0 Å². The Morgan fingerprint density at radius 1 is 1.47 bits per heavy atom. The number of nitrogens with zero attached hydrogens (tertiary/aromatic N) is 1. The standard InChI is InChI=1S/C15H17NO3/c1-4-18-14-7-5-6-12(8-14)13(10-16)9-15(17)19-11(2)3/h5-9,11H,4H2,1-3H3. The second-order valence-electron chi connectivity index (χ2n) is 4.12. The van der Waals surface area contributed by atoms with Gasteiger partial charge in [-0.3, -0.25) is 0 Å². The molecular formula is C15H17NO3. The molecule has 0 aliphatic heterocycles. The number of allylic oxidation sites excluding steroid dienone is 1. The first-order valence-corrected chi connectivity index (χ1v) is 6.12. The lowest BCUT2D eigenvalue weighted by Crippen LogP contribution is -2.09. The first-order chi connectivity index (χ1) is 9.06. The minimum absolute atomic E-state index is 0.210. The SMILES string of the molecule is CCOc1cccc(C(C#N)=CC(=O)OC(C)C)c1. The zero-order valence-electron chi connectivity index (χ0n) is 11.3. The van der Waals surface area contributed by atoms with E-state index in [1.165, 1.54) is 6.08 Å². The predicted octanol–water partition coefficient (Wildman–Crippen LogP) is 2.94. The highest BCUT2D eigenvalue weighted by Gasteiger charge is 2.08. The molecule has 0 aliphatic carbocycles. The molecule has 1 aromatic carbocycles. The van der Waals surface area contributed by atoms with E-state index in [4.69, 9.17) is 14.7 Å². The molecule has 0 unspecified atom stereocenters. The van der Waals surface area contributed by atoms with E-state index < -0.39 is 5.97 Å². The fraction of sp³-hybridized carbons (Fsp3) is 0.333. The van der Waals surface area contributed by atoms with Crippen LogP contribution in [0.2, 0.25) is 0 Å². The van der Waals surface area contributed by atoms with Crippen LogP contribution in [0.1, 0.15) is 26.3 Å². The number of carbonyl (C=O) groups is 1. The van der Waals surface area contributed by atoms with Crippen LogP contribution in [0, 0.1) is 11.3 Å². The Balaban J connectivity index is 2.97. The van der Waals surface area contributed by atoms with E-state index >= 15 is 0 Å². The van der Waals surface area contributed by atoms with Crippen molar-refractivity contribution in [2.75, 3.05) is 6.61 Å². The Bertz CT molecular complexity index is 512. The molecule has 0 bridgehead atoms. The molecule has 0 heterocycles. The van der Waals surface area contributed by atoms with Gasteiger partial charge in [-0.2, -0.15) is 5.26 Å². The average molecular weight is 259 g/mol. The third-order valence-electron chi connectivity index (χ3n) is 2.19. The van der Waals surface area contributed by atoms with Gasteiger partial charge in [-0.1, -0.05) is 12.1 Å². The molecule has 0 spiro atoms. The van der Waals surface area contributed by atoms with Crippen molar-refractivity contribution in [1.29, 1.82) is 5.26 Å². The van der Waals surface area contributed by atoms with E-state index in [1.54, 1.807) is 38.1 Å². The van der Waals surface area contributed by atoms with E-state index in [9.17, 15) is 4.79 Å². The second kappa shape index (κ2) is 7.22. The summed E-state index contributed by atoms with van der Waals surface area (Å²) < 4.78 is 10.3. The summed E-state index contributed by atoms with van der Waals surface area (Å²) >= 11 is 0. The highest BCUT2D eigenvalue weighted by Crippen LogP contribution is 2.20. The van der Waals surface area contributed by atoms with Gasteiger partial charge < -0.3 is 9.47 Å². The molecule has 100 valence electrons. The van der Waals surface area contributed by atoms with Gasteiger partial charge in [0.15, 0.2) is 0 Å². The molecule has 1 aromatic rings.